The molecule has 2 N–H and O–H groups in total. The summed E-state index contributed by atoms with van der Waals surface area (Å²) in [5.74, 6) is 0.176. The van der Waals surface area contributed by atoms with Gasteiger partial charge in [-0.05, 0) is 81.8 Å². The van der Waals surface area contributed by atoms with Crippen molar-refractivity contribution < 1.29 is 0 Å². The fraction of sp³-hybridized carbons (Fsp3) is 0.115. The van der Waals surface area contributed by atoms with E-state index in [0.717, 1.165) is 0 Å². The first-order valence-electron chi connectivity index (χ1n) is 18.7. The van der Waals surface area contributed by atoms with E-state index in [1.54, 1.807) is 0 Å². The van der Waals surface area contributed by atoms with E-state index in [2.05, 4.69) is 238 Å². The fourth-order valence-electron chi connectivity index (χ4n) is 6.96. The van der Waals surface area contributed by atoms with Gasteiger partial charge < -0.3 is 10.6 Å². The summed E-state index contributed by atoms with van der Waals surface area (Å²) >= 11 is 0. The van der Waals surface area contributed by atoms with Crippen LogP contribution in [0.1, 0.15) is 61.9 Å². The first-order valence-corrected chi connectivity index (χ1v) is 18.7. The van der Waals surface area contributed by atoms with E-state index < -0.39 is 0 Å². The van der Waals surface area contributed by atoms with Crippen LogP contribution in [0.15, 0.2) is 206 Å². The predicted molar refractivity (Wildman–Crippen MR) is 232 cm³/mol. The van der Waals surface area contributed by atoms with Gasteiger partial charge >= 0.3 is 0 Å². The number of allylic oxidation sites excluding steroid dienone is 2. The number of rotatable bonds is 11. The Bertz CT molecular complexity index is 2220. The summed E-state index contributed by atoms with van der Waals surface area (Å²) in [5.41, 5.74) is 19.2. The van der Waals surface area contributed by atoms with Crippen LogP contribution in [0, 0.1) is 6.92 Å². The van der Waals surface area contributed by atoms with E-state index in [4.69, 9.17) is 0 Å². The van der Waals surface area contributed by atoms with Crippen molar-refractivity contribution in [2.24, 2.45) is 5.73 Å². The first kappa shape index (κ1) is 37.5. The molecule has 7 rings (SSSR count). The minimum absolute atomic E-state index is 0.0770. The standard InChI is InChI=1S/C51H45N.CH5N/c1-38-24-26-43(27-25-38)48(39-16-8-4-9-17-39)36-49(40-18-10-5-11-19-40)44-28-30-45(31-29-44)50(41-20-12-6-13-21-41)37-51(42-22-14-7-15-23-42)46-32-34-47(35-33-46)52(2)3;1-2/h4-37,48,51H,1-3H3;2H2,1H3. The molecule has 2 unspecified atom stereocenters. The largest absolute Gasteiger partial charge is 0.378 e. The summed E-state index contributed by atoms with van der Waals surface area (Å²) in [6.07, 6.45) is 4.89. The molecule has 7 aromatic rings. The molecule has 0 fully saturated rings. The molecule has 0 amide bonds. The van der Waals surface area contributed by atoms with Gasteiger partial charge in [-0.1, -0.05) is 200 Å². The van der Waals surface area contributed by atoms with Crippen molar-refractivity contribution in [1.29, 1.82) is 0 Å². The highest BCUT2D eigenvalue weighted by Crippen LogP contribution is 2.36. The lowest BCUT2D eigenvalue weighted by molar-refractivity contribution is 1.02. The second kappa shape index (κ2) is 18.5. The molecule has 0 aromatic heterocycles. The van der Waals surface area contributed by atoms with Gasteiger partial charge in [0.15, 0.2) is 0 Å². The van der Waals surface area contributed by atoms with Gasteiger partial charge in [0.25, 0.3) is 0 Å². The number of nitrogens with two attached hydrogens (primary N) is 1. The van der Waals surface area contributed by atoms with Gasteiger partial charge in [0.1, 0.15) is 0 Å². The van der Waals surface area contributed by atoms with Crippen LogP contribution in [-0.4, -0.2) is 21.1 Å². The summed E-state index contributed by atoms with van der Waals surface area (Å²) in [6.45, 7) is 2.15. The molecule has 0 aliphatic rings. The zero-order valence-electron chi connectivity index (χ0n) is 31.8. The Morgan fingerprint density at radius 2 is 0.685 bits per heavy atom. The van der Waals surface area contributed by atoms with Crippen LogP contribution < -0.4 is 10.6 Å². The summed E-state index contributed by atoms with van der Waals surface area (Å²) in [4.78, 5) is 2.15. The Balaban J connectivity index is 0.00000245. The Morgan fingerprint density at radius 3 is 1.04 bits per heavy atom. The molecule has 7 aromatic carbocycles. The van der Waals surface area contributed by atoms with Gasteiger partial charge in [0, 0.05) is 31.6 Å². The molecule has 0 aliphatic heterocycles. The van der Waals surface area contributed by atoms with E-state index in [9.17, 15) is 0 Å². The first-order chi connectivity index (χ1) is 26.5. The van der Waals surface area contributed by atoms with Crippen molar-refractivity contribution in [1.82, 2.24) is 0 Å². The Hall–Kier alpha value is -6.22. The van der Waals surface area contributed by atoms with Crippen LogP contribution in [0.5, 0.6) is 0 Å². The summed E-state index contributed by atoms with van der Waals surface area (Å²) in [5, 5.41) is 0. The van der Waals surface area contributed by atoms with Crippen LogP contribution in [0.2, 0.25) is 0 Å². The quantitative estimate of drug-likeness (QED) is 0.145. The molecule has 0 bridgehead atoms. The van der Waals surface area contributed by atoms with Gasteiger partial charge in [0.2, 0.25) is 0 Å². The molecule has 0 heterocycles. The Morgan fingerprint density at radius 1 is 0.389 bits per heavy atom. The third-order valence-corrected chi connectivity index (χ3v) is 9.87. The third-order valence-electron chi connectivity index (χ3n) is 9.87. The molecule has 0 saturated heterocycles. The molecule has 0 spiro atoms. The molecule has 54 heavy (non-hydrogen) atoms. The van der Waals surface area contributed by atoms with Crippen molar-refractivity contribution in [2.45, 2.75) is 18.8 Å². The van der Waals surface area contributed by atoms with E-state index >= 15 is 0 Å². The van der Waals surface area contributed by atoms with E-state index in [1.807, 2.05) is 0 Å². The summed E-state index contributed by atoms with van der Waals surface area (Å²) in [6, 6.07) is 70.4. The van der Waals surface area contributed by atoms with Crippen molar-refractivity contribution in [3.8, 4) is 0 Å². The zero-order valence-corrected chi connectivity index (χ0v) is 31.8. The van der Waals surface area contributed by atoms with Crippen molar-refractivity contribution in [2.75, 3.05) is 26.0 Å². The SMILES string of the molecule is CN.Cc1ccc(C(C=C(c2ccccc2)c2ccc(C(=CC(c3ccccc3)c3ccc(N(C)C)cc3)c3ccccc3)cc2)c2ccccc2)cc1. The average Bonchev–Trinajstić information content (AvgIpc) is 3.24. The maximum Gasteiger partial charge on any atom is 0.0361 e. The normalized spacial score (nSPS) is 12.6. The molecular weight excluding hydrogens is 653 g/mol. The highest BCUT2D eigenvalue weighted by atomic mass is 15.1. The predicted octanol–water partition coefficient (Wildman–Crippen LogP) is 12.2. The summed E-state index contributed by atoms with van der Waals surface area (Å²) < 4.78 is 0. The lowest BCUT2D eigenvalue weighted by Crippen LogP contribution is -2.08. The van der Waals surface area contributed by atoms with Gasteiger partial charge in [-0.2, -0.15) is 0 Å². The van der Waals surface area contributed by atoms with Crippen LogP contribution >= 0.6 is 0 Å². The number of hydrogen-bond acceptors (Lipinski definition) is 2. The minimum Gasteiger partial charge on any atom is -0.378 e. The lowest BCUT2D eigenvalue weighted by Gasteiger charge is -2.20. The maximum atomic E-state index is 4.50. The zero-order chi connectivity index (χ0) is 37.7. The monoisotopic (exact) mass is 702 g/mol. The van der Waals surface area contributed by atoms with Gasteiger partial charge in [-0.3, -0.25) is 0 Å². The number of aryl methyl sites for hydroxylation is 1. The molecule has 0 aliphatic carbocycles. The van der Waals surface area contributed by atoms with E-state index in [1.165, 1.54) is 74.0 Å². The lowest BCUT2D eigenvalue weighted by atomic mass is 9.84. The van der Waals surface area contributed by atoms with Gasteiger partial charge in [0.05, 0.1) is 0 Å². The fourth-order valence-corrected chi connectivity index (χ4v) is 6.96. The second-order valence-corrected chi connectivity index (χ2v) is 13.6. The smallest absolute Gasteiger partial charge is 0.0361 e. The van der Waals surface area contributed by atoms with Crippen LogP contribution in [-0.2, 0) is 0 Å². The molecule has 2 nitrogen and oxygen atoms in total. The van der Waals surface area contributed by atoms with Gasteiger partial charge in [-0.15, -0.1) is 0 Å². The van der Waals surface area contributed by atoms with Crippen molar-refractivity contribution >= 4 is 16.8 Å². The molecular formula is C52H50N2. The van der Waals surface area contributed by atoms with Crippen LogP contribution in [0.4, 0.5) is 5.69 Å². The molecule has 0 radical (unpaired) electrons. The van der Waals surface area contributed by atoms with E-state index in [-0.39, 0.29) is 11.8 Å². The average molecular weight is 703 g/mol. The topological polar surface area (TPSA) is 29.3 Å². The van der Waals surface area contributed by atoms with Gasteiger partial charge in [-0.25, -0.2) is 0 Å². The highest BCUT2D eigenvalue weighted by Gasteiger charge is 2.18. The summed E-state index contributed by atoms with van der Waals surface area (Å²) in [7, 11) is 5.67. The second-order valence-electron chi connectivity index (χ2n) is 13.6. The molecule has 2 heteroatoms. The number of anilines is 1. The molecule has 2 atom stereocenters. The molecule has 268 valence electrons. The minimum atomic E-state index is 0.0770. The van der Waals surface area contributed by atoms with Crippen molar-refractivity contribution in [3.63, 3.8) is 0 Å². The molecule has 0 saturated carbocycles. The highest BCUT2D eigenvalue weighted by molar-refractivity contribution is 5.84. The number of benzene rings is 7. The van der Waals surface area contributed by atoms with Crippen LogP contribution in [0.3, 0.4) is 0 Å². The maximum absolute atomic E-state index is 4.50. The third kappa shape index (κ3) is 9.22. The Labute approximate surface area is 322 Å². The van der Waals surface area contributed by atoms with E-state index in [0.29, 0.717) is 0 Å². The number of nitrogens with zero attached hydrogens (tertiary/aromatic N) is 1. The number of hydrogen-bond donors (Lipinski definition) is 1. The Kier molecular flexibility index (Phi) is 12.9. The van der Waals surface area contributed by atoms with Crippen molar-refractivity contribution in [3.05, 3.63) is 256 Å². The van der Waals surface area contributed by atoms with Crippen LogP contribution in [0.25, 0.3) is 11.1 Å².